The number of halogens is 1. The molecular formula is C22H28ClN3O2S. The molecule has 1 fully saturated rings. The summed E-state index contributed by atoms with van der Waals surface area (Å²) in [6, 6.07) is 13.9. The van der Waals surface area contributed by atoms with Crippen molar-refractivity contribution in [3.05, 3.63) is 58.6 Å². The van der Waals surface area contributed by atoms with Crippen LogP contribution in [-0.4, -0.2) is 61.4 Å². The van der Waals surface area contributed by atoms with Crippen molar-refractivity contribution < 1.29 is 9.47 Å². The molecule has 0 radical (unpaired) electrons. The normalized spacial score (nSPS) is 14.4. The van der Waals surface area contributed by atoms with Gasteiger partial charge < -0.3 is 19.7 Å². The summed E-state index contributed by atoms with van der Waals surface area (Å²) in [6.07, 6.45) is 0. The second-order valence-electron chi connectivity index (χ2n) is 7.08. The quantitative estimate of drug-likeness (QED) is 0.660. The molecule has 1 saturated heterocycles. The molecule has 0 spiro atoms. The van der Waals surface area contributed by atoms with Crippen LogP contribution in [0.4, 0.5) is 5.69 Å². The average Bonchev–Trinajstić information content (AvgIpc) is 2.74. The van der Waals surface area contributed by atoms with Crippen LogP contribution in [0.15, 0.2) is 42.5 Å². The SMILES string of the molecule is COc1ccccc1CN(CCN1CCOCC1)C(=S)Nc1ccc(Cl)c(C)c1. The van der Waals surface area contributed by atoms with Crippen LogP contribution in [0.1, 0.15) is 11.1 Å². The van der Waals surface area contributed by atoms with Crippen LogP contribution < -0.4 is 10.1 Å². The van der Waals surface area contributed by atoms with E-state index in [0.29, 0.717) is 11.7 Å². The monoisotopic (exact) mass is 433 g/mol. The molecule has 0 bridgehead atoms. The van der Waals surface area contributed by atoms with E-state index in [0.717, 1.165) is 67.0 Å². The molecule has 1 N–H and O–H groups in total. The van der Waals surface area contributed by atoms with E-state index in [1.165, 1.54) is 0 Å². The number of nitrogens with zero attached hydrogens (tertiary/aromatic N) is 2. The van der Waals surface area contributed by atoms with Crippen molar-refractivity contribution in [3.63, 3.8) is 0 Å². The first-order chi connectivity index (χ1) is 14.1. The molecule has 2 aromatic carbocycles. The van der Waals surface area contributed by atoms with E-state index in [4.69, 9.17) is 33.3 Å². The van der Waals surface area contributed by atoms with Crippen molar-refractivity contribution in [3.8, 4) is 5.75 Å². The van der Waals surface area contributed by atoms with E-state index < -0.39 is 0 Å². The second-order valence-corrected chi connectivity index (χ2v) is 7.88. The van der Waals surface area contributed by atoms with Crippen LogP contribution in [-0.2, 0) is 11.3 Å². The maximum Gasteiger partial charge on any atom is 0.173 e. The number of ether oxygens (including phenoxy) is 2. The van der Waals surface area contributed by atoms with Crippen LogP contribution in [0.5, 0.6) is 5.75 Å². The summed E-state index contributed by atoms with van der Waals surface area (Å²) in [5.74, 6) is 0.869. The molecule has 1 heterocycles. The maximum atomic E-state index is 6.16. The summed E-state index contributed by atoms with van der Waals surface area (Å²) in [6.45, 7) is 7.90. The summed E-state index contributed by atoms with van der Waals surface area (Å²) in [7, 11) is 1.70. The molecule has 29 heavy (non-hydrogen) atoms. The van der Waals surface area contributed by atoms with Crippen molar-refractivity contribution in [2.75, 3.05) is 51.8 Å². The Morgan fingerprint density at radius 2 is 2.00 bits per heavy atom. The first kappa shape index (κ1) is 21.8. The lowest BCUT2D eigenvalue weighted by molar-refractivity contribution is 0.0358. The minimum atomic E-state index is 0.673. The van der Waals surface area contributed by atoms with Gasteiger partial charge in [-0.3, -0.25) is 4.90 Å². The van der Waals surface area contributed by atoms with Crippen molar-refractivity contribution in [2.45, 2.75) is 13.5 Å². The predicted molar refractivity (Wildman–Crippen MR) is 123 cm³/mol. The van der Waals surface area contributed by atoms with Crippen LogP contribution in [0.3, 0.4) is 0 Å². The highest BCUT2D eigenvalue weighted by Crippen LogP contribution is 2.22. The Kier molecular flexibility index (Phi) is 8.12. The number of nitrogens with one attached hydrogen (secondary N) is 1. The fourth-order valence-electron chi connectivity index (χ4n) is 3.30. The topological polar surface area (TPSA) is 37.0 Å². The Hall–Kier alpha value is -1.86. The van der Waals surface area contributed by atoms with Crippen molar-refractivity contribution in [2.24, 2.45) is 0 Å². The minimum absolute atomic E-state index is 0.673. The summed E-state index contributed by atoms with van der Waals surface area (Å²) in [5, 5.41) is 4.81. The number of thiocarbonyl (C=S) groups is 1. The Bertz CT molecular complexity index is 827. The average molecular weight is 434 g/mol. The third-order valence-corrected chi connectivity index (χ3v) is 5.82. The first-order valence-corrected chi connectivity index (χ1v) is 10.6. The van der Waals surface area contributed by atoms with E-state index >= 15 is 0 Å². The number of benzene rings is 2. The number of methoxy groups -OCH3 is 1. The van der Waals surface area contributed by atoms with Gasteiger partial charge in [0.25, 0.3) is 0 Å². The molecule has 0 aromatic heterocycles. The smallest absolute Gasteiger partial charge is 0.173 e. The fraction of sp³-hybridized carbons (Fsp3) is 0.409. The molecule has 0 saturated carbocycles. The molecule has 0 amide bonds. The van der Waals surface area contributed by atoms with Crippen molar-refractivity contribution in [1.29, 1.82) is 0 Å². The number of para-hydroxylation sites is 1. The van der Waals surface area contributed by atoms with Crippen LogP contribution in [0.2, 0.25) is 5.02 Å². The van der Waals surface area contributed by atoms with Gasteiger partial charge in [-0.1, -0.05) is 29.8 Å². The molecule has 2 aromatic rings. The molecule has 0 atom stereocenters. The summed E-state index contributed by atoms with van der Waals surface area (Å²) < 4.78 is 11.0. The number of morpholine rings is 1. The van der Waals surface area contributed by atoms with Crippen LogP contribution >= 0.6 is 23.8 Å². The van der Waals surface area contributed by atoms with E-state index in [9.17, 15) is 0 Å². The van der Waals surface area contributed by atoms with Gasteiger partial charge in [0, 0.05) is 49.0 Å². The van der Waals surface area contributed by atoms with Crippen molar-refractivity contribution in [1.82, 2.24) is 9.80 Å². The lowest BCUT2D eigenvalue weighted by Gasteiger charge is -2.31. The van der Waals surface area contributed by atoms with Gasteiger partial charge in [-0.15, -0.1) is 0 Å². The van der Waals surface area contributed by atoms with Crippen molar-refractivity contribution >= 4 is 34.6 Å². The predicted octanol–water partition coefficient (Wildman–Crippen LogP) is 4.19. The minimum Gasteiger partial charge on any atom is -0.496 e. The van der Waals surface area contributed by atoms with Gasteiger partial charge in [0.05, 0.1) is 20.3 Å². The molecule has 7 heteroatoms. The molecule has 1 aliphatic heterocycles. The zero-order valence-electron chi connectivity index (χ0n) is 17.0. The molecule has 1 aliphatic rings. The summed E-state index contributed by atoms with van der Waals surface area (Å²) in [5.41, 5.74) is 3.06. The van der Waals surface area contributed by atoms with E-state index in [2.05, 4.69) is 21.2 Å². The number of aryl methyl sites for hydroxylation is 1. The second kappa shape index (κ2) is 10.8. The van der Waals surface area contributed by atoms with E-state index in [1.54, 1.807) is 7.11 Å². The Labute approximate surface area is 183 Å². The van der Waals surface area contributed by atoms with Crippen LogP contribution in [0, 0.1) is 6.92 Å². The van der Waals surface area contributed by atoms with Gasteiger partial charge in [0.1, 0.15) is 5.75 Å². The molecular weight excluding hydrogens is 406 g/mol. The molecule has 156 valence electrons. The highest BCUT2D eigenvalue weighted by atomic mass is 35.5. The zero-order valence-corrected chi connectivity index (χ0v) is 18.6. The van der Waals surface area contributed by atoms with E-state index in [1.807, 2.05) is 43.3 Å². The first-order valence-electron chi connectivity index (χ1n) is 9.81. The van der Waals surface area contributed by atoms with Gasteiger partial charge in [-0.2, -0.15) is 0 Å². The van der Waals surface area contributed by atoms with Crippen LogP contribution in [0.25, 0.3) is 0 Å². The maximum absolute atomic E-state index is 6.16. The van der Waals surface area contributed by atoms with Gasteiger partial charge in [0.2, 0.25) is 0 Å². The highest BCUT2D eigenvalue weighted by molar-refractivity contribution is 7.80. The Balaban J connectivity index is 1.72. The Morgan fingerprint density at radius 3 is 2.72 bits per heavy atom. The zero-order chi connectivity index (χ0) is 20.6. The van der Waals surface area contributed by atoms with Gasteiger partial charge in [-0.05, 0) is 49.0 Å². The number of anilines is 1. The third-order valence-electron chi connectivity index (χ3n) is 5.04. The fourth-order valence-corrected chi connectivity index (χ4v) is 3.69. The highest BCUT2D eigenvalue weighted by Gasteiger charge is 2.17. The number of hydrogen-bond donors (Lipinski definition) is 1. The van der Waals surface area contributed by atoms with Gasteiger partial charge in [0.15, 0.2) is 5.11 Å². The standard InChI is InChI=1S/C22H28ClN3O2S/c1-17-15-19(7-8-20(17)23)24-22(29)26(10-9-25-11-13-28-14-12-25)16-18-5-3-4-6-21(18)27-2/h3-8,15H,9-14,16H2,1-2H3,(H,24,29). The molecule has 0 aliphatic carbocycles. The number of rotatable bonds is 7. The third kappa shape index (κ3) is 6.31. The molecule has 0 unspecified atom stereocenters. The van der Waals surface area contributed by atoms with Gasteiger partial charge in [-0.25, -0.2) is 0 Å². The largest absolute Gasteiger partial charge is 0.496 e. The van der Waals surface area contributed by atoms with E-state index in [-0.39, 0.29) is 0 Å². The molecule has 3 rings (SSSR count). The summed E-state index contributed by atoms with van der Waals surface area (Å²) in [4.78, 5) is 4.60. The lowest BCUT2D eigenvalue weighted by atomic mass is 10.2. The summed E-state index contributed by atoms with van der Waals surface area (Å²) >= 11 is 11.9. The lowest BCUT2D eigenvalue weighted by Crippen LogP contribution is -2.44. The Morgan fingerprint density at radius 1 is 1.24 bits per heavy atom. The number of hydrogen-bond acceptors (Lipinski definition) is 4. The van der Waals surface area contributed by atoms with Gasteiger partial charge >= 0.3 is 0 Å². The molecule has 5 nitrogen and oxygen atoms in total.